The maximum absolute atomic E-state index is 13.4. The SMILES string of the molecule is CN1CCC(N2CCN(c3c(Cl)cc(C(F)(F)F)cc3/C=C3/SC(=O)NC3=O)CC2)CC1. The second kappa shape index (κ2) is 9.24. The van der Waals surface area contributed by atoms with E-state index in [2.05, 4.69) is 22.2 Å². The molecule has 1 aromatic carbocycles. The molecule has 1 aromatic rings. The van der Waals surface area contributed by atoms with Crippen LogP contribution < -0.4 is 10.2 Å². The fourth-order valence-electron chi connectivity index (χ4n) is 4.46. The fraction of sp³-hybridized carbons (Fsp3) is 0.524. The van der Waals surface area contributed by atoms with Gasteiger partial charge in [-0.2, -0.15) is 13.2 Å². The Kier molecular flexibility index (Phi) is 6.76. The third-order valence-electron chi connectivity index (χ3n) is 6.18. The molecule has 1 N–H and O–H groups in total. The van der Waals surface area contributed by atoms with Crippen molar-refractivity contribution in [2.45, 2.75) is 25.1 Å². The molecule has 6 nitrogen and oxygen atoms in total. The van der Waals surface area contributed by atoms with Crippen LogP contribution in [-0.2, 0) is 11.0 Å². The van der Waals surface area contributed by atoms with Crippen molar-refractivity contribution in [3.05, 3.63) is 33.2 Å². The Morgan fingerprint density at radius 1 is 1.09 bits per heavy atom. The zero-order chi connectivity index (χ0) is 23.0. The van der Waals surface area contributed by atoms with Gasteiger partial charge in [0.25, 0.3) is 11.1 Å². The van der Waals surface area contributed by atoms with E-state index in [1.54, 1.807) is 0 Å². The molecule has 0 unspecified atom stereocenters. The van der Waals surface area contributed by atoms with E-state index in [1.165, 1.54) is 6.08 Å². The number of piperidine rings is 1. The van der Waals surface area contributed by atoms with Crippen molar-refractivity contribution in [3.63, 3.8) is 0 Å². The first-order valence-electron chi connectivity index (χ1n) is 10.4. The summed E-state index contributed by atoms with van der Waals surface area (Å²) in [6.07, 6.45) is -1.04. The molecule has 0 spiro atoms. The van der Waals surface area contributed by atoms with Crippen molar-refractivity contribution < 1.29 is 22.8 Å². The lowest BCUT2D eigenvalue weighted by Crippen LogP contribution is -2.53. The molecule has 0 aliphatic carbocycles. The number of carbonyl (C=O) groups excluding carboxylic acids is 2. The van der Waals surface area contributed by atoms with Crippen LogP contribution in [0.15, 0.2) is 17.0 Å². The summed E-state index contributed by atoms with van der Waals surface area (Å²) in [5.74, 6) is -0.619. The minimum atomic E-state index is -4.58. The monoisotopic (exact) mass is 488 g/mol. The molecule has 0 saturated carbocycles. The van der Waals surface area contributed by atoms with E-state index in [0.717, 1.165) is 51.2 Å². The van der Waals surface area contributed by atoms with E-state index < -0.39 is 22.9 Å². The molecule has 3 saturated heterocycles. The van der Waals surface area contributed by atoms with Gasteiger partial charge in [0.15, 0.2) is 0 Å². The van der Waals surface area contributed by atoms with Gasteiger partial charge in [0.05, 0.1) is 21.2 Å². The third-order valence-corrected chi connectivity index (χ3v) is 7.28. The molecule has 0 bridgehead atoms. The number of carbonyl (C=O) groups is 2. The number of anilines is 1. The van der Waals surface area contributed by atoms with Crippen LogP contribution in [0.25, 0.3) is 6.08 Å². The average molecular weight is 489 g/mol. The number of halogens is 4. The van der Waals surface area contributed by atoms with Crippen LogP contribution in [-0.4, -0.2) is 73.3 Å². The largest absolute Gasteiger partial charge is 0.416 e. The minimum absolute atomic E-state index is 0.0193. The highest BCUT2D eigenvalue weighted by atomic mass is 35.5. The van der Waals surface area contributed by atoms with Crippen LogP contribution >= 0.6 is 23.4 Å². The molecule has 0 aromatic heterocycles. The van der Waals surface area contributed by atoms with E-state index in [1.807, 2.05) is 4.90 Å². The first-order chi connectivity index (χ1) is 15.1. The number of likely N-dealkylation sites (tertiary alicyclic amines) is 1. The van der Waals surface area contributed by atoms with Crippen molar-refractivity contribution in [1.29, 1.82) is 0 Å². The molecule has 3 heterocycles. The maximum atomic E-state index is 13.4. The third kappa shape index (κ3) is 5.08. The zero-order valence-electron chi connectivity index (χ0n) is 17.5. The highest BCUT2D eigenvalue weighted by Crippen LogP contribution is 2.40. The Bertz CT molecular complexity index is 940. The van der Waals surface area contributed by atoms with Gasteiger partial charge in [-0.15, -0.1) is 0 Å². The number of benzene rings is 1. The topological polar surface area (TPSA) is 55.9 Å². The number of thioether (sulfide) groups is 1. The summed E-state index contributed by atoms with van der Waals surface area (Å²) >= 11 is 7.03. The Morgan fingerprint density at radius 3 is 2.31 bits per heavy atom. The van der Waals surface area contributed by atoms with Crippen LogP contribution in [0, 0.1) is 0 Å². The van der Waals surface area contributed by atoms with E-state index in [0.29, 0.717) is 36.6 Å². The molecule has 0 atom stereocenters. The number of piperazine rings is 1. The van der Waals surface area contributed by atoms with Gasteiger partial charge in [0.2, 0.25) is 0 Å². The van der Waals surface area contributed by atoms with Crippen molar-refractivity contribution in [3.8, 4) is 0 Å². The highest BCUT2D eigenvalue weighted by Gasteiger charge is 2.34. The number of hydrogen-bond acceptors (Lipinski definition) is 6. The lowest BCUT2D eigenvalue weighted by atomic mass is 10.0. The highest BCUT2D eigenvalue weighted by molar-refractivity contribution is 8.18. The van der Waals surface area contributed by atoms with Crippen LogP contribution in [0.1, 0.15) is 24.0 Å². The van der Waals surface area contributed by atoms with Crippen LogP contribution in [0.5, 0.6) is 0 Å². The number of nitrogens with one attached hydrogen (secondary N) is 1. The predicted molar refractivity (Wildman–Crippen MR) is 120 cm³/mol. The van der Waals surface area contributed by atoms with Crippen molar-refractivity contribution >= 4 is 46.3 Å². The lowest BCUT2D eigenvalue weighted by Gasteiger charge is -2.43. The Balaban J connectivity index is 1.60. The van der Waals surface area contributed by atoms with E-state index in [-0.39, 0.29) is 15.5 Å². The second-order valence-corrected chi connectivity index (χ2v) is 9.73. The van der Waals surface area contributed by atoms with Crippen molar-refractivity contribution in [1.82, 2.24) is 15.1 Å². The summed E-state index contributed by atoms with van der Waals surface area (Å²) in [4.78, 5) is 30.3. The number of rotatable bonds is 3. The number of nitrogens with zero attached hydrogens (tertiary/aromatic N) is 3. The summed E-state index contributed by atoms with van der Waals surface area (Å²) in [6.45, 7) is 4.93. The number of imide groups is 1. The first-order valence-corrected chi connectivity index (χ1v) is 11.6. The average Bonchev–Trinajstić information content (AvgIpc) is 3.04. The summed E-state index contributed by atoms with van der Waals surface area (Å²) in [7, 11) is 2.12. The van der Waals surface area contributed by atoms with Crippen LogP contribution in [0.2, 0.25) is 5.02 Å². The molecule has 0 radical (unpaired) electrons. The normalized spacial score (nSPS) is 23.3. The molecule has 3 aliphatic heterocycles. The van der Waals surface area contributed by atoms with Crippen molar-refractivity contribution in [2.75, 3.05) is 51.2 Å². The number of amides is 2. The minimum Gasteiger partial charge on any atom is -0.367 e. The quantitative estimate of drug-likeness (QED) is 0.651. The molecular formula is C21H24ClF3N4O2S. The molecule has 2 amide bonds. The van der Waals surface area contributed by atoms with E-state index in [4.69, 9.17) is 11.6 Å². The van der Waals surface area contributed by atoms with Gasteiger partial charge in [-0.1, -0.05) is 11.6 Å². The van der Waals surface area contributed by atoms with Gasteiger partial charge in [-0.3, -0.25) is 19.8 Å². The van der Waals surface area contributed by atoms with Gasteiger partial charge < -0.3 is 9.80 Å². The van der Waals surface area contributed by atoms with Crippen LogP contribution in [0.3, 0.4) is 0 Å². The molecule has 3 fully saturated rings. The van der Waals surface area contributed by atoms with Crippen LogP contribution in [0.4, 0.5) is 23.7 Å². The Hall–Kier alpha value is -1.75. The Morgan fingerprint density at radius 2 is 1.75 bits per heavy atom. The summed E-state index contributed by atoms with van der Waals surface area (Å²) in [5, 5.41) is 1.56. The number of alkyl halides is 3. The van der Waals surface area contributed by atoms with E-state index in [9.17, 15) is 22.8 Å². The number of hydrogen-bond donors (Lipinski definition) is 1. The molecular weight excluding hydrogens is 465 g/mol. The van der Waals surface area contributed by atoms with E-state index >= 15 is 0 Å². The van der Waals surface area contributed by atoms with Crippen molar-refractivity contribution in [2.24, 2.45) is 0 Å². The van der Waals surface area contributed by atoms with Gasteiger partial charge in [0, 0.05) is 37.8 Å². The molecule has 32 heavy (non-hydrogen) atoms. The second-order valence-electron chi connectivity index (χ2n) is 8.30. The molecule has 11 heteroatoms. The van der Waals surface area contributed by atoms with Gasteiger partial charge in [-0.25, -0.2) is 0 Å². The molecule has 4 rings (SSSR count). The summed E-state index contributed by atoms with van der Waals surface area (Å²) in [6, 6.07) is 2.44. The first kappa shape index (κ1) is 23.4. The standard InChI is InChI=1S/C21H24ClF3N4O2S/c1-27-4-2-15(3-5-27)28-6-8-29(9-7-28)18-13(11-17-19(30)26-20(31)32-17)10-14(12-16(18)22)21(23,24)25/h10-12,15H,2-9H2,1H3,(H,26,30,31)/b17-11+. The zero-order valence-corrected chi connectivity index (χ0v) is 19.1. The van der Waals surface area contributed by atoms with Gasteiger partial charge in [0.1, 0.15) is 0 Å². The van der Waals surface area contributed by atoms with Gasteiger partial charge >= 0.3 is 6.18 Å². The smallest absolute Gasteiger partial charge is 0.367 e. The molecule has 174 valence electrons. The fourth-order valence-corrected chi connectivity index (χ4v) is 5.48. The predicted octanol–water partition coefficient (Wildman–Crippen LogP) is 3.90. The summed E-state index contributed by atoms with van der Waals surface area (Å²) < 4.78 is 40.3. The Labute approximate surface area is 193 Å². The summed E-state index contributed by atoms with van der Waals surface area (Å²) in [5.41, 5.74) is -0.245. The maximum Gasteiger partial charge on any atom is 0.416 e. The molecule has 3 aliphatic rings. The lowest BCUT2D eigenvalue weighted by molar-refractivity contribution is -0.137. The van der Waals surface area contributed by atoms with Gasteiger partial charge in [-0.05, 0) is 62.9 Å².